The summed E-state index contributed by atoms with van der Waals surface area (Å²) in [5.74, 6) is 1.09. The van der Waals surface area contributed by atoms with Crippen LogP contribution >= 0.6 is 0 Å². The lowest BCUT2D eigenvalue weighted by atomic mass is 10.0. The summed E-state index contributed by atoms with van der Waals surface area (Å²) in [6.07, 6.45) is 6.90. The molecule has 17 heavy (non-hydrogen) atoms. The second-order valence-corrected chi connectivity index (χ2v) is 5.28. The average molecular weight is 234 g/mol. The van der Waals surface area contributed by atoms with Crippen LogP contribution in [0.2, 0.25) is 0 Å². The molecule has 1 aromatic rings. The zero-order valence-corrected chi connectivity index (χ0v) is 10.6. The maximum Gasteiger partial charge on any atom is 0.120 e. The fourth-order valence-corrected chi connectivity index (χ4v) is 3.43. The van der Waals surface area contributed by atoms with E-state index in [9.17, 15) is 0 Å². The Morgan fingerprint density at radius 1 is 1.47 bits per heavy atom. The second-order valence-electron chi connectivity index (χ2n) is 5.28. The molecule has 2 aliphatic heterocycles. The summed E-state index contributed by atoms with van der Waals surface area (Å²) < 4.78 is 5.53. The van der Waals surface area contributed by atoms with Gasteiger partial charge < -0.3 is 9.73 Å². The predicted octanol–water partition coefficient (Wildman–Crippen LogP) is 2.56. The van der Waals surface area contributed by atoms with Gasteiger partial charge in [0, 0.05) is 18.6 Å². The molecule has 2 aliphatic rings. The summed E-state index contributed by atoms with van der Waals surface area (Å²) in [7, 11) is 0. The molecular weight excluding hydrogens is 212 g/mol. The molecule has 2 saturated heterocycles. The molecule has 0 aromatic carbocycles. The standard InChI is InChI=1S/C14H22N2O/c1-2-11(14-6-4-10-17-14)15-12-7-9-16-8-3-5-13(12)16/h4,6,10-13,15H,2-3,5,7-9H2,1H3. The van der Waals surface area contributed by atoms with E-state index in [2.05, 4.69) is 23.2 Å². The van der Waals surface area contributed by atoms with Crippen molar-refractivity contribution in [2.24, 2.45) is 0 Å². The van der Waals surface area contributed by atoms with Crippen LogP contribution in [0.4, 0.5) is 0 Å². The number of hydrogen-bond acceptors (Lipinski definition) is 3. The van der Waals surface area contributed by atoms with Gasteiger partial charge >= 0.3 is 0 Å². The summed E-state index contributed by atoms with van der Waals surface area (Å²) >= 11 is 0. The van der Waals surface area contributed by atoms with Crippen molar-refractivity contribution in [3.8, 4) is 0 Å². The average Bonchev–Trinajstić information content (AvgIpc) is 3.04. The van der Waals surface area contributed by atoms with E-state index in [1.165, 1.54) is 32.4 Å². The number of rotatable bonds is 4. The summed E-state index contributed by atoms with van der Waals surface area (Å²) in [4.78, 5) is 2.65. The molecule has 3 rings (SSSR count). The Labute approximate surface area is 103 Å². The largest absolute Gasteiger partial charge is 0.468 e. The van der Waals surface area contributed by atoms with Crippen LogP contribution < -0.4 is 5.32 Å². The summed E-state index contributed by atoms with van der Waals surface area (Å²) in [5, 5.41) is 3.80. The van der Waals surface area contributed by atoms with Gasteiger partial charge in [-0.1, -0.05) is 6.92 Å². The van der Waals surface area contributed by atoms with Gasteiger partial charge in [-0.05, 0) is 44.4 Å². The van der Waals surface area contributed by atoms with Gasteiger partial charge in [0.05, 0.1) is 12.3 Å². The third-order valence-electron chi connectivity index (χ3n) is 4.32. The van der Waals surface area contributed by atoms with Crippen molar-refractivity contribution in [3.05, 3.63) is 24.2 Å². The van der Waals surface area contributed by atoms with Crippen molar-refractivity contribution in [3.63, 3.8) is 0 Å². The van der Waals surface area contributed by atoms with E-state index >= 15 is 0 Å². The molecule has 2 fully saturated rings. The van der Waals surface area contributed by atoms with Gasteiger partial charge in [0.15, 0.2) is 0 Å². The number of furan rings is 1. The maximum absolute atomic E-state index is 5.53. The molecule has 94 valence electrons. The first kappa shape index (κ1) is 11.3. The first-order valence-corrected chi connectivity index (χ1v) is 6.92. The minimum absolute atomic E-state index is 0.385. The Kier molecular flexibility index (Phi) is 3.21. The van der Waals surface area contributed by atoms with E-state index in [4.69, 9.17) is 4.42 Å². The van der Waals surface area contributed by atoms with Crippen molar-refractivity contribution >= 4 is 0 Å². The molecule has 3 unspecified atom stereocenters. The van der Waals surface area contributed by atoms with Crippen LogP contribution in [0, 0.1) is 0 Å². The molecular formula is C14H22N2O. The van der Waals surface area contributed by atoms with E-state index < -0.39 is 0 Å². The minimum atomic E-state index is 0.385. The van der Waals surface area contributed by atoms with E-state index in [1.54, 1.807) is 6.26 Å². The molecule has 3 nitrogen and oxygen atoms in total. The molecule has 0 bridgehead atoms. The molecule has 0 aliphatic carbocycles. The number of hydrogen-bond donors (Lipinski definition) is 1. The van der Waals surface area contributed by atoms with E-state index in [0.717, 1.165) is 18.2 Å². The molecule has 3 heteroatoms. The summed E-state index contributed by atoms with van der Waals surface area (Å²) in [5.41, 5.74) is 0. The molecule has 3 heterocycles. The Morgan fingerprint density at radius 3 is 3.18 bits per heavy atom. The van der Waals surface area contributed by atoms with Gasteiger partial charge in [-0.3, -0.25) is 4.90 Å². The van der Waals surface area contributed by atoms with Crippen LogP contribution in [0.25, 0.3) is 0 Å². The number of nitrogens with zero attached hydrogens (tertiary/aromatic N) is 1. The Morgan fingerprint density at radius 2 is 2.41 bits per heavy atom. The van der Waals surface area contributed by atoms with Gasteiger partial charge in [0.25, 0.3) is 0 Å². The third-order valence-corrected chi connectivity index (χ3v) is 4.32. The Hall–Kier alpha value is -0.800. The van der Waals surface area contributed by atoms with Gasteiger partial charge in [-0.2, -0.15) is 0 Å². The molecule has 1 aromatic heterocycles. The highest BCUT2D eigenvalue weighted by Gasteiger charge is 2.37. The summed E-state index contributed by atoms with van der Waals surface area (Å²) in [6.45, 7) is 4.80. The third kappa shape index (κ3) is 2.14. The van der Waals surface area contributed by atoms with E-state index in [1.807, 2.05) is 6.07 Å². The van der Waals surface area contributed by atoms with Crippen LogP contribution in [0.5, 0.6) is 0 Å². The molecule has 1 N–H and O–H groups in total. The van der Waals surface area contributed by atoms with Crippen LogP contribution in [-0.4, -0.2) is 30.1 Å². The molecule has 0 radical (unpaired) electrons. The Balaban J connectivity index is 1.65. The highest BCUT2D eigenvalue weighted by Crippen LogP contribution is 2.30. The minimum Gasteiger partial charge on any atom is -0.468 e. The molecule has 0 amide bonds. The van der Waals surface area contributed by atoms with Crippen LogP contribution in [0.3, 0.4) is 0 Å². The van der Waals surface area contributed by atoms with Crippen LogP contribution in [0.1, 0.15) is 44.4 Å². The van der Waals surface area contributed by atoms with Crippen molar-refractivity contribution in [1.29, 1.82) is 0 Å². The first-order chi connectivity index (χ1) is 8.38. The normalized spacial score (nSPS) is 30.6. The molecule has 0 spiro atoms. The first-order valence-electron chi connectivity index (χ1n) is 6.92. The second kappa shape index (κ2) is 4.83. The fraction of sp³-hybridized carbons (Fsp3) is 0.714. The lowest BCUT2D eigenvalue weighted by molar-refractivity contribution is 0.278. The molecule has 0 saturated carbocycles. The van der Waals surface area contributed by atoms with Crippen molar-refractivity contribution < 1.29 is 4.42 Å². The summed E-state index contributed by atoms with van der Waals surface area (Å²) in [6, 6.07) is 5.89. The topological polar surface area (TPSA) is 28.4 Å². The lowest BCUT2D eigenvalue weighted by Gasteiger charge is -2.25. The van der Waals surface area contributed by atoms with Gasteiger partial charge in [-0.25, -0.2) is 0 Å². The quantitative estimate of drug-likeness (QED) is 0.868. The monoisotopic (exact) mass is 234 g/mol. The number of fused-ring (bicyclic) bond motifs is 1. The lowest BCUT2D eigenvalue weighted by Crippen LogP contribution is -2.40. The van der Waals surface area contributed by atoms with Crippen molar-refractivity contribution in [1.82, 2.24) is 10.2 Å². The van der Waals surface area contributed by atoms with Crippen molar-refractivity contribution in [2.75, 3.05) is 13.1 Å². The zero-order valence-electron chi connectivity index (χ0n) is 10.6. The molecule has 3 atom stereocenters. The highest BCUT2D eigenvalue weighted by molar-refractivity contribution is 5.06. The van der Waals surface area contributed by atoms with Gasteiger partial charge in [-0.15, -0.1) is 0 Å². The number of nitrogens with one attached hydrogen (secondary N) is 1. The Bertz CT molecular complexity index is 349. The van der Waals surface area contributed by atoms with Crippen LogP contribution in [0.15, 0.2) is 22.8 Å². The van der Waals surface area contributed by atoms with Crippen molar-refractivity contribution in [2.45, 2.75) is 50.7 Å². The zero-order chi connectivity index (χ0) is 11.7. The predicted molar refractivity (Wildman–Crippen MR) is 67.9 cm³/mol. The van der Waals surface area contributed by atoms with Gasteiger partial charge in [0.2, 0.25) is 0 Å². The highest BCUT2D eigenvalue weighted by atomic mass is 16.3. The van der Waals surface area contributed by atoms with E-state index in [0.29, 0.717) is 12.1 Å². The van der Waals surface area contributed by atoms with Crippen LogP contribution in [-0.2, 0) is 0 Å². The van der Waals surface area contributed by atoms with Gasteiger partial charge in [0.1, 0.15) is 5.76 Å². The fourth-order valence-electron chi connectivity index (χ4n) is 3.43. The SMILES string of the molecule is CCC(NC1CCN2CCCC12)c1ccco1. The van der Waals surface area contributed by atoms with E-state index in [-0.39, 0.29) is 0 Å². The smallest absolute Gasteiger partial charge is 0.120 e. The maximum atomic E-state index is 5.53.